The molecule has 2 aliphatic heterocycles. The lowest BCUT2D eigenvalue weighted by atomic mass is 9.97. The molecule has 1 aromatic heterocycles. The molecule has 0 aliphatic carbocycles. The van der Waals surface area contributed by atoms with E-state index in [1.807, 2.05) is 12.1 Å². The number of nitrogens with one attached hydrogen (secondary N) is 4. The zero-order valence-corrected chi connectivity index (χ0v) is 23.7. The second-order valence-corrected chi connectivity index (χ2v) is 12.6. The summed E-state index contributed by atoms with van der Waals surface area (Å²) in [5.41, 5.74) is 7.66. The van der Waals surface area contributed by atoms with Gasteiger partial charge < -0.3 is 10.6 Å². The third-order valence-electron chi connectivity index (χ3n) is 6.37. The Morgan fingerprint density at radius 1 is 1.13 bits per heavy atom. The van der Waals surface area contributed by atoms with Crippen molar-refractivity contribution < 1.29 is 18.0 Å². The highest BCUT2D eigenvalue weighted by atomic mass is 35.5. The van der Waals surface area contributed by atoms with E-state index in [1.165, 1.54) is 35.4 Å². The van der Waals surface area contributed by atoms with Crippen LogP contribution >= 0.6 is 35.6 Å². The SMILES string of the molecule is CN1c2ccccc2C(NC(=S)NNc2ncc(C(=O)NC3CCSC3=O)cc2Cl)c2ccccc2S1(=O)=O. The van der Waals surface area contributed by atoms with Crippen LogP contribution in [0.15, 0.2) is 65.7 Å². The number of rotatable bonds is 5. The smallest absolute Gasteiger partial charge is 0.264 e. The van der Waals surface area contributed by atoms with Gasteiger partial charge in [-0.3, -0.25) is 24.7 Å². The number of carbonyl (C=O) groups excluding carboxylic acids is 2. The van der Waals surface area contributed by atoms with Gasteiger partial charge in [0, 0.05) is 24.6 Å². The molecule has 202 valence electrons. The Labute approximate surface area is 239 Å². The van der Waals surface area contributed by atoms with Gasteiger partial charge in [-0.05, 0) is 42.4 Å². The Morgan fingerprint density at radius 3 is 2.56 bits per heavy atom. The number of amides is 1. The number of fused-ring (bicyclic) bond motifs is 2. The molecule has 5 rings (SSSR count). The van der Waals surface area contributed by atoms with E-state index in [1.54, 1.807) is 36.4 Å². The van der Waals surface area contributed by atoms with Crippen molar-refractivity contribution in [1.29, 1.82) is 0 Å². The maximum Gasteiger partial charge on any atom is 0.264 e. The molecule has 2 aliphatic rings. The largest absolute Gasteiger partial charge is 0.350 e. The third-order valence-corrected chi connectivity index (χ3v) is 9.73. The summed E-state index contributed by atoms with van der Waals surface area (Å²) in [5.74, 6) is 0.455. The van der Waals surface area contributed by atoms with Crippen LogP contribution in [0.5, 0.6) is 0 Å². The highest BCUT2D eigenvalue weighted by molar-refractivity contribution is 8.14. The predicted molar refractivity (Wildman–Crippen MR) is 155 cm³/mol. The molecular weight excluding hydrogens is 580 g/mol. The number of sulfonamides is 1. The Kier molecular flexibility index (Phi) is 7.67. The summed E-state index contributed by atoms with van der Waals surface area (Å²) in [7, 11) is -2.27. The molecular formula is C25H23ClN6O4S3. The lowest BCUT2D eigenvalue weighted by Crippen LogP contribution is -2.41. The van der Waals surface area contributed by atoms with E-state index in [2.05, 4.69) is 26.5 Å². The van der Waals surface area contributed by atoms with Gasteiger partial charge in [-0.15, -0.1) is 0 Å². The molecule has 3 heterocycles. The number of benzene rings is 2. The molecule has 14 heteroatoms. The molecule has 2 atom stereocenters. The first kappa shape index (κ1) is 27.2. The molecule has 0 radical (unpaired) electrons. The number of hydrazine groups is 1. The van der Waals surface area contributed by atoms with Crippen molar-refractivity contribution in [3.63, 3.8) is 0 Å². The van der Waals surface area contributed by atoms with Gasteiger partial charge in [0.25, 0.3) is 15.9 Å². The number of hydrogen-bond acceptors (Lipinski definition) is 8. The van der Waals surface area contributed by atoms with E-state index in [9.17, 15) is 18.0 Å². The van der Waals surface area contributed by atoms with E-state index < -0.39 is 28.0 Å². The van der Waals surface area contributed by atoms with Crippen LogP contribution in [0.25, 0.3) is 0 Å². The Morgan fingerprint density at radius 2 is 1.85 bits per heavy atom. The normalized spacial score (nSPS) is 19.3. The van der Waals surface area contributed by atoms with E-state index in [4.69, 9.17) is 23.8 Å². The fourth-order valence-electron chi connectivity index (χ4n) is 4.38. The van der Waals surface area contributed by atoms with E-state index >= 15 is 0 Å². The summed E-state index contributed by atoms with van der Waals surface area (Å²) >= 11 is 13.1. The zero-order chi connectivity index (χ0) is 27.7. The van der Waals surface area contributed by atoms with Gasteiger partial charge in [0.1, 0.15) is 0 Å². The van der Waals surface area contributed by atoms with Gasteiger partial charge in [-0.1, -0.05) is 59.8 Å². The number of halogens is 1. The number of aromatic nitrogens is 1. The molecule has 1 amide bonds. The van der Waals surface area contributed by atoms with Crippen LogP contribution in [0.1, 0.15) is 33.9 Å². The van der Waals surface area contributed by atoms with Crippen LogP contribution in [-0.4, -0.2) is 48.4 Å². The zero-order valence-electron chi connectivity index (χ0n) is 20.5. The van der Waals surface area contributed by atoms with Crippen molar-refractivity contribution >= 4 is 73.2 Å². The van der Waals surface area contributed by atoms with E-state index in [0.717, 1.165) is 5.56 Å². The van der Waals surface area contributed by atoms with Crippen molar-refractivity contribution in [2.45, 2.75) is 23.4 Å². The summed E-state index contributed by atoms with van der Waals surface area (Å²) in [6.45, 7) is 0. The second kappa shape index (κ2) is 11.0. The van der Waals surface area contributed by atoms with Crippen molar-refractivity contribution in [1.82, 2.24) is 21.0 Å². The van der Waals surface area contributed by atoms with E-state index in [0.29, 0.717) is 23.4 Å². The number of thiocarbonyl (C=S) groups is 1. The minimum Gasteiger partial charge on any atom is -0.350 e. The summed E-state index contributed by atoms with van der Waals surface area (Å²) < 4.78 is 27.9. The van der Waals surface area contributed by atoms with Crippen LogP contribution in [0, 0.1) is 0 Å². The monoisotopic (exact) mass is 602 g/mol. The van der Waals surface area contributed by atoms with Gasteiger partial charge in [0.2, 0.25) is 5.12 Å². The number of thioether (sulfide) groups is 1. The first-order valence-corrected chi connectivity index (χ1v) is 15.0. The quantitative estimate of drug-likeness (QED) is 0.255. The standard InChI is InChI=1S/C25H23ClN6O4S3/c1-32-19-8-4-2-6-15(19)21(16-7-3-5-9-20(16)39(32,35)36)29-25(37)31-30-22-17(26)12-14(13-27-22)23(33)28-18-10-11-38-24(18)34/h2-9,12-13,18,21H,10-11H2,1H3,(H,27,30)(H,28,33)(H2,29,31,37). The molecule has 10 nitrogen and oxygen atoms in total. The van der Waals surface area contributed by atoms with Crippen LogP contribution in [0.4, 0.5) is 11.5 Å². The maximum absolute atomic E-state index is 13.3. The summed E-state index contributed by atoms with van der Waals surface area (Å²) in [4.78, 5) is 28.7. The molecule has 0 spiro atoms. The minimum absolute atomic E-state index is 0.0611. The molecule has 2 aromatic carbocycles. The summed E-state index contributed by atoms with van der Waals surface area (Å²) in [6.07, 6.45) is 1.93. The first-order chi connectivity index (χ1) is 18.7. The number of para-hydroxylation sites is 1. The fourth-order valence-corrected chi connectivity index (χ4v) is 7.15. The molecule has 1 saturated heterocycles. The Bertz CT molecular complexity index is 1590. The number of hydrogen-bond donors (Lipinski definition) is 4. The third kappa shape index (κ3) is 5.39. The van der Waals surface area contributed by atoms with Crippen LogP contribution in [0.3, 0.4) is 0 Å². The first-order valence-electron chi connectivity index (χ1n) is 11.8. The van der Waals surface area contributed by atoms with Crippen molar-refractivity contribution in [3.8, 4) is 0 Å². The topological polar surface area (TPSA) is 133 Å². The average Bonchev–Trinajstić information content (AvgIpc) is 3.31. The molecule has 0 saturated carbocycles. The molecule has 3 aromatic rings. The fraction of sp³-hybridized carbons (Fsp3) is 0.200. The number of pyridine rings is 1. The molecule has 2 unspecified atom stereocenters. The molecule has 1 fully saturated rings. The molecule has 0 bridgehead atoms. The van der Waals surface area contributed by atoms with Crippen molar-refractivity contribution in [2.75, 3.05) is 22.5 Å². The molecule has 39 heavy (non-hydrogen) atoms. The van der Waals surface area contributed by atoms with Gasteiger partial charge in [-0.2, -0.15) is 0 Å². The highest BCUT2D eigenvalue weighted by Gasteiger charge is 2.35. The number of nitrogens with zero attached hydrogens (tertiary/aromatic N) is 2. The van der Waals surface area contributed by atoms with Crippen LogP contribution < -0.4 is 25.8 Å². The van der Waals surface area contributed by atoms with Gasteiger partial charge in [0.05, 0.1) is 33.3 Å². The summed E-state index contributed by atoms with van der Waals surface area (Å²) in [6, 6.07) is 14.3. The lowest BCUT2D eigenvalue weighted by molar-refractivity contribution is -0.112. The van der Waals surface area contributed by atoms with Crippen molar-refractivity contribution in [2.24, 2.45) is 0 Å². The highest BCUT2D eigenvalue weighted by Crippen LogP contribution is 2.39. The van der Waals surface area contributed by atoms with Gasteiger partial charge >= 0.3 is 0 Å². The van der Waals surface area contributed by atoms with E-state index in [-0.39, 0.29) is 31.5 Å². The number of carbonyl (C=O) groups is 2. The van der Waals surface area contributed by atoms with Crippen LogP contribution in [-0.2, 0) is 14.8 Å². The number of anilines is 2. The van der Waals surface area contributed by atoms with Crippen molar-refractivity contribution in [3.05, 3.63) is 82.5 Å². The Balaban J connectivity index is 1.32. The minimum atomic E-state index is -3.79. The predicted octanol–water partition coefficient (Wildman–Crippen LogP) is 3.22. The molecule has 4 N–H and O–H groups in total. The maximum atomic E-state index is 13.3. The second-order valence-electron chi connectivity index (χ2n) is 8.76. The Hall–Kier alpha value is -3.39. The average molecular weight is 603 g/mol. The lowest BCUT2D eigenvalue weighted by Gasteiger charge is -2.23. The van der Waals surface area contributed by atoms with Gasteiger partial charge in [0.15, 0.2) is 10.9 Å². The summed E-state index contributed by atoms with van der Waals surface area (Å²) in [5, 5.41) is 6.14. The van der Waals surface area contributed by atoms with Gasteiger partial charge in [-0.25, -0.2) is 13.4 Å². The van der Waals surface area contributed by atoms with Crippen LogP contribution in [0.2, 0.25) is 5.02 Å².